The fraction of sp³-hybridized carbons (Fsp3) is 0.444. The van der Waals surface area contributed by atoms with Gasteiger partial charge in [0.25, 0.3) is 0 Å². The van der Waals surface area contributed by atoms with E-state index in [-0.39, 0.29) is 29.4 Å². The van der Waals surface area contributed by atoms with Gasteiger partial charge in [-0.05, 0) is 54.9 Å². The number of hydrogen-bond donors (Lipinski definition) is 1. The number of rotatable bonds is 9. The zero-order valence-electron chi connectivity index (χ0n) is 21.5. The Morgan fingerprint density at radius 3 is 2.61 bits per heavy atom. The van der Waals surface area contributed by atoms with Crippen molar-refractivity contribution in [1.29, 1.82) is 0 Å². The summed E-state index contributed by atoms with van der Waals surface area (Å²) in [5, 5.41) is 10.1. The van der Waals surface area contributed by atoms with E-state index < -0.39 is 15.4 Å². The summed E-state index contributed by atoms with van der Waals surface area (Å²) in [6.07, 6.45) is 1.97. The standard InChI is InChI=1S/C27H30Cl2N4O3S2/c1-17-5-4-6-18(11-17)15-37-25-32-31-24(33(25)22-8-7-20(28)13-21(22)29)14-30-38(35,36)16-27-10-9-19(12-23(27)34)26(27,2)3/h4-8,11,13,19,30H,9-10,12,14-16H2,1-3H3. The average molecular weight is 594 g/mol. The minimum Gasteiger partial charge on any atom is -0.299 e. The van der Waals surface area contributed by atoms with E-state index in [0.29, 0.717) is 45.3 Å². The van der Waals surface area contributed by atoms with Gasteiger partial charge in [0.05, 0.1) is 23.0 Å². The van der Waals surface area contributed by atoms with Gasteiger partial charge in [-0.2, -0.15) is 0 Å². The van der Waals surface area contributed by atoms with Crippen LogP contribution in [0.5, 0.6) is 0 Å². The molecule has 2 bridgehead atoms. The maximum Gasteiger partial charge on any atom is 0.213 e. The molecule has 1 aromatic heterocycles. The first kappa shape index (κ1) is 27.6. The van der Waals surface area contributed by atoms with Crippen molar-refractivity contribution >= 4 is 50.8 Å². The smallest absolute Gasteiger partial charge is 0.213 e. The molecule has 0 radical (unpaired) electrons. The number of ketones is 1. The fourth-order valence-corrected chi connectivity index (χ4v) is 9.20. The van der Waals surface area contributed by atoms with Crippen LogP contribution in [0.15, 0.2) is 47.6 Å². The SMILES string of the molecule is Cc1cccc(CSc2nnc(CNS(=O)(=O)CC34CCC(CC3=O)C4(C)C)n2-c2ccc(Cl)cc2Cl)c1. The summed E-state index contributed by atoms with van der Waals surface area (Å²) in [5.41, 5.74) is 1.72. The van der Waals surface area contributed by atoms with E-state index in [1.54, 1.807) is 22.8 Å². The summed E-state index contributed by atoms with van der Waals surface area (Å²) in [7, 11) is -3.79. The van der Waals surface area contributed by atoms with E-state index in [1.807, 2.05) is 39.0 Å². The first-order valence-electron chi connectivity index (χ1n) is 12.5. The molecule has 0 aliphatic heterocycles. The molecule has 202 valence electrons. The molecule has 2 fully saturated rings. The number of fused-ring (bicyclic) bond motifs is 2. The Hall–Kier alpha value is -1.91. The second-order valence-electron chi connectivity index (χ2n) is 10.9. The molecular weight excluding hydrogens is 563 g/mol. The predicted molar refractivity (Wildman–Crippen MR) is 151 cm³/mol. The van der Waals surface area contributed by atoms with Crippen molar-refractivity contribution in [3.8, 4) is 5.69 Å². The Bertz CT molecular complexity index is 1510. The summed E-state index contributed by atoms with van der Waals surface area (Å²) >= 11 is 14.2. The van der Waals surface area contributed by atoms with E-state index in [0.717, 1.165) is 17.5 Å². The Labute approximate surface area is 237 Å². The van der Waals surface area contributed by atoms with Crippen LogP contribution in [0.3, 0.4) is 0 Å². The maximum absolute atomic E-state index is 13.3. The van der Waals surface area contributed by atoms with Gasteiger partial charge in [-0.3, -0.25) is 9.36 Å². The number of halogens is 2. The number of aromatic nitrogens is 3. The van der Waals surface area contributed by atoms with E-state index >= 15 is 0 Å². The van der Waals surface area contributed by atoms with Gasteiger partial charge in [0.2, 0.25) is 10.0 Å². The van der Waals surface area contributed by atoms with Crippen molar-refractivity contribution in [2.75, 3.05) is 5.75 Å². The van der Waals surface area contributed by atoms with Crippen LogP contribution in [-0.2, 0) is 27.1 Å². The van der Waals surface area contributed by atoms with Gasteiger partial charge in [0, 0.05) is 22.6 Å². The van der Waals surface area contributed by atoms with E-state index in [2.05, 4.69) is 21.0 Å². The summed E-state index contributed by atoms with van der Waals surface area (Å²) in [5.74, 6) is 1.14. The molecule has 2 aliphatic rings. The first-order valence-corrected chi connectivity index (χ1v) is 15.9. The Balaban J connectivity index is 1.41. The largest absolute Gasteiger partial charge is 0.299 e. The van der Waals surface area contributed by atoms with Crippen LogP contribution in [0.2, 0.25) is 10.0 Å². The molecule has 7 nitrogen and oxygen atoms in total. The topological polar surface area (TPSA) is 94.0 Å². The lowest BCUT2D eigenvalue weighted by Crippen LogP contribution is -2.45. The Kier molecular flexibility index (Phi) is 7.45. The van der Waals surface area contributed by atoms with Crippen molar-refractivity contribution in [2.45, 2.75) is 57.5 Å². The molecule has 1 N–H and O–H groups in total. The summed E-state index contributed by atoms with van der Waals surface area (Å²) < 4.78 is 31.1. The lowest BCUT2D eigenvalue weighted by atomic mass is 9.70. The van der Waals surface area contributed by atoms with Gasteiger partial charge in [-0.1, -0.05) is 78.6 Å². The molecule has 2 aromatic carbocycles. The minimum absolute atomic E-state index is 0.0649. The quantitative estimate of drug-likeness (QED) is 0.307. The minimum atomic E-state index is -3.79. The number of thioether (sulfide) groups is 1. The number of hydrogen-bond acceptors (Lipinski definition) is 6. The highest BCUT2D eigenvalue weighted by molar-refractivity contribution is 7.98. The number of carbonyl (C=O) groups is 1. The summed E-state index contributed by atoms with van der Waals surface area (Å²) in [6, 6.07) is 13.3. The second-order valence-corrected chi connectivity index (χ2v) is 14.4. The van der Waals surface area contributed by atoms with Crippen LogP contribution in [0.25, 0.3) is 5.69 Å². The maximum atomic E-state index is 13.3. The van der Waals surface area contributed by atoms with Crippen molar-refractivity contribution < 1.29 is 13.2 Å². The number of nitrogens with one attached hydrogen (secondary N) is 1. The van der Waals surface area contributed by atoms with E-state index in [4.69, 9.17) is 23.2 Å². The molecule has 11 heteroatoms. The van der Waals surface area contributed by atoms with Gasteiger partial charge >= 0.3 is 0 Å². The van der Waals surface area contributed by atoms with Gasteiger partial charge in [-0.25, -0.2) is 13.1 Å². The zero-order valence-corrected chi connectivity index (χ0v) is 24.6. The number of sulfonamides is 1. The molecule has 0 spiro atoms. The number of benzene rings is 2. The lowest BCUT2D eigenvalue weighted by molar-refractivity contribution is -0.128. The molecular formula is C27H30Cl2N4O3S2. The van der Waals surface area contributed by atoms with Crippen molar-refractivity contribution in [2.24, 2.45) is 16.7 Å². The van der Waals surface area contributed by atoms with Crippen LogP contribution in [0, 0.1) is 23.7 Å². The van der Waals surface area contributed by atoms with E-state index in [1.165, 1.54) is 11.8 Å². The van der Waals surface area contributed by atoms with Crippen LogP contribution in [0.1, 0.15) is 50.1 Å². The summed E-state index contributed by atoms with van der Waals surface area (Å²) in [4.78, 5) is 12.9. The molecule has 2 aliphatic carbocycles. The van der Waals surface area contributed by atoms with Crippen LogP contribution in [-0.4, -0.2) is 34.7 Å². The number of nitrogens with zero attached hydrogens (tertiary/aromatic N) is 3. The highest BCUT2D eigenvalue weighted by Gasteiger charge is 2.65. The van der Waals surface area contributed by atoms with E-state index in [9.17, 15) is 13.2 Å². The molecule has 0 amide bonds. The average Bonchev–Trinajstić information content (AvgIpc) is 3.40. The normalized spacial score (nSPS) is 22.3. The van der Waals surface area contributed by atoms with Crippen molar-refractivity contribution in [3.63, 3.8) is 0 Å². The summed E-state index contributed by atoms with van der Waals surface area (Å²) in [6.45, 7) is 6.01. The van der Waals surface area contributed by atoms with Gasteiger partial charge < -0.3 is 0 Å². The number of carbonyl (C=O) groups excluding carboxylic acids is 1. The van der Waals surface area contributed by atoms with Crippen molar-refractivity contribution in [1.82, 2.24) is 19.5 Å². The van der Waals surface area contributed by atoms with Crippen LogP contribution in [0.4, 0.5) is 0 Å². The van der Waals surface area contributed by atoms with Gasteiger partial charge in [-0.15, -0.1) is 10.2 Å². The molecule has 1 heterocycles. The molecule has 2 saturated carbocycles. The predicted octanol–water partition coefficient (Wildman–Crippen LogP) is 5.99. The highest BCUT2D eigenvalue weighted by atomic mass is 35.5. The Morgan fingerprint density at radius 2 is 1.95 bits per heavy atom. The molecule has 2 atom stereocenters. The first-order chi connectivity index (χ1) is 17.9. The molecule has 38 heavy (non-hydrogen) atoms. The second kappa shape index (κ2) is 10.2. The molecule has 0 saturated heterocycles. The molecule has 2 unspecified atom stereocenters. The van der Waals surface area contributed by atoms with Gasteiger partial charge in [0.1, 0.15) is 5.78 Å². The van der Waals surface area contributed by atoms with Gasteiger partial charge in [0.15, 0.2) is 11.0 Å². The lowest BCUT2D eigenvalue weighted by Gasteiger charge is -2.36. The zero-order chi connectivity index (χ0) is 27.3. The van der Waals surface area contributed by atoms with Crippen molar-refractivity contribution in [3.05, 3.63) is 69.5 Å². The third kappa shape index (κ3) is 5.04. The third-order valence-electron chi connectivity index (χ3n) is 8.33. The number of Topliss-reactive ketones (excluding diaryl/α,β-unsaturated/α-hetero) is 1. The molecule has 5 rings (SSSR count). The van der Waals surface area contributed by atoms with Crippen LogP contribution >= 0.6 is 35.0 Å². The highest BCUT2D eigenvalue weighted by Crippen LogP contribution is 2.64. The Morgan fingerprint density at radius 1 is 1.16 bits per heavy atom. The molecule has 3 aromatic rings. The number of aryl methyl sites for hydroxylation is 1. The third-order valence-corrected chi connectivity index (χ3v) is 11.3. The monoisotopic (exact) mass is 592 g/mol. The fourth-order valence-electron chi connectivity index (χ4n) is 6.02. The van der Waals surface area contributed by atoms with Crippen LogP contribution < -0.4 is 4.72 Å².